The zero-order valence-electron chi connectivity index (χ0n) is 11.5. The average molecular weight is 250 g/mol. The van der Waals surface area contributed by atoms with Crippen LogP contribution in [0.5, 0.6) is 0 Å². The van der Waals surface area contributed by atoms with Crippen LogP contribution in [0.3, 0.4) is 0 Å². The van der Waals surface area contributed by atoms with Crippen molar-refractivity contribution >= 4 is 5.69 Å². The molecule has 0 radical (unpaired) electrons. The molecule has 1 aromatic carbocycles. The Hall–Kier alpha value is -1.09. The van der Waals surface area contributed by atoms with E-state index in [1.165, 1.54) is 6.07 Å². The monoisotopic (exact) mass is 250 g/mol. The van der Waals surface area contributed by atoms with Crippen LogP contribution in [-0.2, 0) is 0 Å². The van der Waals surface area contributed by atoms with Crippen molar-refractivity contribution in [2.45, 2.75) is 20.3 Å². The first-order valence-corrected chi connectivity index (χ1v) is 6.68. The molecule has 1 fully saturated rings. The maximum Gasteiger partial charge on any atom is 0.125 e. The molecule has 1 aromatic rings. The summed E-state index contributed by atoms with van der Waals surface area (Å²) in [7, 11) is 2.00. The molecule has 0 bridgehead atoms. The minimum absolute atomic E-state index is 0.150. The number of nitrogens with zero attached hydrogens (tertiary/aromatic N) is 1. The molecule has 0 saturated carbocycles. The fourth-order valence-electron chi connectivity index (χ4n) is 2.73. The van der Waals surface area contributed by atoms with Crippen molar-refractivity contribution in [3.8, 4) is 0 Å². The van der Waals surface area contributed by atoms with Crippen molar-refractivity contribution in [3.63, 3.8) is 0 Å². The summed E-state index contributed by atoms with van der Waals surface area (Å²) in [6, 6.07) is 6.92. The molecule has 0 aliphatic carbocycles. The summed E-state index contributed by atoms with van der Waals surface area (Å²) in [6.07, 6.45) is 1.15. The van der Waals surface area contributed by atoms with Crippen LogP contribution in [0, 0.1) is 17.2 Å². The highest BCUT2D eigenvalue weighted by Crippen LogP contribution is 2.36. The molecule has 1 aliphatic rings. The minimum Gasteiger partial charge on any atom is -0.371 e. The second kappa shape index (κ2) is 5.27. The van der Waals surface area contributed by atoms with Crippen LogP contribution in [0.1, 0.15) is 20.3 Å². The summed E-state index contributed by atoms with van der Waals surface area (Å²) < 4.78 is 13.3. The van der Waals surface area contributed by atoms with E-state index in [1.54, 1.807) is 12.1 Å². The molecule has 3 heteroatoms. The Balaban J connectivity index is 2.13. The Bertz CT molecular complexity index is 403. The van der Waals surface area contributed by atoms with E-state index in [2.05, 4.69) is 24.1 Å². The molecule has 0 amide bonds. The van der Waals surface area contributed by atoms with E-state index in [-0.39, 0.29) is 5.82 Å². The molecule has 1 N–H and O–H groups in total. The van der Waals surface area contributed by atoms with Crippen LogP contribution in [0.4, 0.5) is 10.1 Å². The largest absolute Gasteiger partial charge is 0.371 e. The lowest BCUT2D eigenvalue weighted by molar-refractivity contribution is 0.169. The molecule has 1 aliphatic heterocycles. The van der Waals surface area contributed by atoms with Crippen LogP contribution in [0.2, 0.25) is 0 Å². The Kier molecular flexibility index (Phi) is 3.91. The van der Waals surface area contributed by atoms with E-state index in [0.29, 0.717) is 11.3 Å². The van der Waals surface area contributed by atoms with Crippen molar-refractivity contribution < 1.29 is 4.39 Å². The van der Waals surface area contributed by atoms with Crippen molar-refractivity contribution in [2.75, 3.05) is 31.6 Å². The van der Waals surface area contributed by atoms with Crippen molar-refractivity contribution in [1.82, 2.24) is 5.32 Å². The normalized spacial score (nSPS) is 23.1. The van der Waals surface area contributed by atoms with E-state index < -0.39 is 0 Å². The van der Waals surface area contributed by atoms with Crippen LogP contribution in [-0.4, -0.2) is 26.7 Å². The molecule has 1 saturated heterocycles. The van der Waals surface area contributed by atoms with E-state index in [9.17, 15) is 4.39 Å². The molecule has 2 nitrogen and oxygen atoms in total. The van der Waals surface area contributed by atoms with Crippen LogP contribution >= 0.6 is 0 Å². The van der Waals surface area contributed by atoms with Crippen LogP contribution < -0.4 is 10.2 Å². The lowest BCUT2D eigenvalue weighted by atomic mass is 9.73. The van der Waals surface area contributed by atoms with Gasteiger partial charge in [-0.2, -0.15) is 0 Å². The highest BCUT2D eigenvalue weighted by Gasteiger charge is 2.35. The zero-order chi connectivity index (χ0) is 13.2. The number of hydrogen-bond donors (Lipinski definition) is 1. The molecule has 1 unspecified atom stereocenters. The van der Waals surface area contributed by atoms with E-state index in [4.69, 9.17) is 0 Å². The highest BCUT2D eigenvalue weighted by molar-refractivity contribution is 5.47. The van der Waals surface area contributed by atoms with Gasteiger partial charge in [0.05, 0.1) is 0 Å². The van der Waals surface area contributed by atoms with E-state index in [0.717, 1.165) is 31.7 Å². The minimum atomic E-state index is -0.150. The SMILES string of the molecule is CNCC1CN(c2cccc(F)c2)CCC1(C)C. The number of anilines is 1. The van der Waals surface area contributed by atoms with Crippen molar-refractivity contribution in [3.05, 3.63) is 30.1 Å². The van der Waals surface area contributed by atoms with Gasteiger partial charge in [0, 0.05) is 18.8 Å². The molecular weight excluding hydrogens is 227 g/mol. The van der Waals surface area contributed by atoms with Gasteiger partial charge in [-0.15, -0.1) is 0 Å². The number of halogens is 1. The van der Waals surface area contributed by atoms with Crippen LogP contribution in [0.15, 0.2) is 24.3 Å². The first kappa shape index (κ1) is 13.3. The summed E-state index contributed by atoms with van der Waals surface area (Å²) in [4.78, 5) is 2.30. The van der Waals surface area contributed by atoms with E-state index >= 15 is 0 Å². The van der Waals surface area contributed by atoms with Crippen molar-refractivity contribution in [2.24, 2.45) is 11.3 Å². The second-order valence-electron chi connectivity index (χ2n) is 5.92. The van der Waals surface area contributed by atoms with Gasteiger partial charge in [-0.05, 0) is 49.5 Å². The Labute approximate surface area is 109 Å². The Morgan fingerprint density at radius 2 is 2.22 bits per heavy atom. The molecule has 0 aromatic heterocycles. The Morgan fingerprint density at radius 3 is 2.89 bits per heavy atom. The van der Waals surface area contributed by atoms with Gasteiger partial charge in [-0.1, -0.05) is 19.9 Å². The number of hydrogen-bond acceptors (Lipinski definition) is 2. The standard InChI is InChI=1S/C15H23FN2/c1-15(2)7-8-18(11-12(15)10-17-3)14-6-4-5-13(16)9-14/h4-6,9,12,17H,7-8,10-11H2,1-3H3. The smallest absolute Gasteiger partial charge is 0.125 e. The molecule has 1 heterocycles. The fourth-order valence-corrected chi connectivity index (χ4v) is 2.73. The van der Waals surface area contributed by atoms with Gasteiger partial charge < -0.3 is 10.2 Å². The number of rotatable bonds is 3. The fraction of sp³-hybridized carbons (Fsp3) is 0.600. The lowest BCUT2D eigenvalue weighted by Gasteiger charge is -2.45. The third-order valence-corrected chi connectivity index (χ3v) is 4.20. The maximum absolute atomic E-state index is 13.3. The Morgan fingerprint density at radius 1 is 1.44 bits per heavy atom. The first-order chi connectivity index (χ1) is 8.53. The van der Waals surface area contributed by atoms with Gasteiger partial charge in [-0.25, -0.2) is 4.39 Å². The van der Waals surface area contributed by atoms with Gasteiger partial charge >= 0.3 is 0 Å². The zero-order valence-corrected chi connectivity index (χ0v) is 11.5. The quantitative estimate of drug-likeness (QED) is 0.887. The number of piperidine rings is 1. The van der Waals surface area contributed by atoms with Gasteiger partial charge in [-0.3, -0.25) is 0 Å². The topological polar surface area (TPSA) is 15.3 Å². The number of nitrogens with one attached hydrogen (secondary N) is 1. The predicted octanol–water partition coefficient (Wildman–Crippen LogP) is 2.90. The number of benzene rings is 1. The summed E-state index contributed by atoms with van der Waals surface area (Å²) in [5.41, 5.74) is 1.36. The average Bonchev–Trinajstić information content (AvgIpc) is 2.32. The molecule has 0 spiro atoms. The van der Waals surface area contributed by atoms with Gasteiger partial charge in [0.1, 0.15) is 5.82 Å². The molecule has 2 rings (SSSR count). The van der Waals surface area contributed by atoms with Crippen LogP contribution in [0.25, 0.3) is 0 Å². The molecule has 1 atom stereocenters. The molecule has 18 heavy (non-hydrogen) atoms. The second-order valence-corrected chi connectivity index (χ2v) is 5.92. The predicted molar refractivity (Wildman–Crippen MR) is 74.4 cm³/mol. The molecule has 100 valence electrons. The first-order valence-electron chi connectivity index (χ1n) is 6.68. The van der Waals surface area contributed by atoms with Gasteiger partial charge in [0.2, 0.25) is 0 Å². The summed E-state index contributed by atoms with van der Waals surface area (Å²) in [5, 5.41) is 3.28. The van der Waals surface area contributed by atoms with Gasteiger partial charge in [0.15, 0.2) is 0 Å². The highest BCUT2D eigenvalue weighted by atomic mass is 19.1. The third-order valence-electron chi connectivity index (χ3n) is 4.20. The van der Waals surface area contributed by atoms with Gasteiger partial charge in [0.25, 0.3) is 0 Å². The maximum atomic E-state index is 13.3. The molecular formula is C15H23FN2. The summed E-state index contributed by atoms with van der Waals surface area (Å²) >= 11 is 0. The third kappa shape index (κ3) is 2.83. The van der Waals surface area contributed by atoms with E-state index in [1.807, 2.05) is 13.1 Å². The summed E-state index contributed by atoms with van der Waals surface area (Å²) in [5.74, 6) is 0.446. The lowest BCUT2D eigenvalue weighted by Crippen LogP contribution is -2.48. The van der Waals surface area contributed by atoms with Crippen molar-refractivity contribution in [1.29, 1.82) is 0 Å². The summed E-state index contributed by atoms with van der Waals surface area (Å²) in [6.45, 7) is 7.68.